The maximum atomic E-state index is 12.1. The first-order valence-corrected chi connectivity index (χ1v) is 9.41. The van der Waals surface area contributed by atoms with Crippen molar-refractivity contribution in [1.29, 1.82) is 0 Å². The van der Waals surface area contributed by atoms with Gasteiger partial charge in [0.2, 0.25) is 5.91 Å². The summed E-state index contributed by atoms with van der Waals surface area (Å²) in [5, 5.41) is 5.15. The molecule has 0 aliphatic heterocycles. The predicted octanol–water partition coefficient (Wildman–Crippen LogP) is 2.62. The zero-order chi connectivity index (χ0) is 16.7. The van der Waals surface area contributed by atoms with Gasteiger partial charge in [0.15, 0.2) is 5.16 Å². The van der Waals surface area contributed by atoms with Crippen LogP contribution in [0.1, 0.15) is 30.8 Å². The first kappa shape index (κ1) is 17.7. The number of H-pyrrole nitrogens is 1. The minimum Gasteiger partial charge on any atom is -0.355 e. The molecule has 2 heterocycles. The smallest absolute Gasteiger partial charge is 0.251 e. The van der Waals surface area contributed by atoms with E-state index in [2.05, 4.69) is 21.4 Å². The van der Waals surface area contributed by atoms with Gasteiger partial charge in [-0.05, 0) is 31.2 Å². The number of carbonyl (C=O) groups excluding carboxylic acids is 1. The summed E-state index contributed by atoms with van der Waals surface area (Å²) in [7, 11) is 0. The standard InChI is InChI=1S/C16H21N3O2S2/c1-3-5-12-10-14(20)19-16(18-12)23-11(2)15(21)17-8-7-13-6-4-9-22-13/h4,6,9-11H,3,5,7-8H2,1-2H3,(H,17,21)(H,18,19,20). The number of carbonyl (C=O) groups is 1. The lowest BCUT2D eigenvalue weighted by Crippen LogP contribution is -2.32. The molecule has 1 unspecified atom stereocenters. The number of hydrogen-bond donors (Lipinski definition) is 2. The van der Waals surface area contributed by atoms with Gasteiger partial charge in [0.1, 0.15) is 0 Å². The number of thioether (sulfide) groups is 1. The summed E-state index contributed by atoms with van der Waals surface area (Å²) in [5.74, 6) is -0.0462. The van der Waals surface area contributed by atoms with Crippen molar-refractivity contribution in [2.24, 2.45) is 0 Å². The van der Waals surface area contributed by atoms with Crippen LogP contribution in [0.25, 0.3) is 0 Å². The molecule has 0 fully saturated rings. The predicted molar refractivity (Wildman–Crippen MR) is 95.2 cm³/mol. The number of amides is 1. The molecule has 0 saturated carbocycles. The topological polar surface area (TPSA) is 74.8 Å². The lowest BCUT2D eigenvalue weighted by molar-refractivity contribution is -0.120. The highest BCUT2D eigenvalue weighted by Crippen LogP contribution is 2.18. The van der Waals surface area contributed by atoms with Gasteiger partial charge in [-0.3, -0.25) is 9.59 Å². The molecule has 0 saturated heterocycles. The van der Waals surface area contributed by atoms with Crippen LogP contribution in [0.4, 0.5) is 0 Å². The van der Waals surface area contributed by atoms with E-state index in [0.717, 1.165) is 25.0 Å². The van der Waals surface area contributed by atoms with E-state index in [1.807, 2.05) is 25.3 Å². The molecule has 0 aromatic carbocycles. The molecule has 2 rings (SSSR count). The molecule has 1 amide bonds. The Balaban J connectivity index is 1.86. The summed E-state index contributed by atoms with van der Waals surface area (Å²) in [6, 6.07) is 5.58. The Morgan fingerprint density at radius 1 is 1.48 bits per heavy atom. The third kappa shape index (κ3) is 5.84. The molecule has 23 heavy (non-hydrogen) atoms. The van der Waals surface area contributed by atoms with Crippen molar-refractivity contribution in [1.82, 2.24) is 15.3 Å². The summed E-state index contributed by atoms with van der Waals surface area (Å²) < 4.78 is 0. The molecule has 7 heteroatoms. The molecule has 1 atom stereocenters. The van der Waals surface area contributed by atoms with Crippen molar-refractivity contribution >= 4 is 29.0 Å². The normalized spacial score (nSPS) is 12.1. The number of hydrogen-bond acceptors (Lipinski definition) is 5. The molecule has 2 N–H and O–H groups in total. The Hall–Kier alpha value is -1.60. The van der Waals surface area contributed by atoms with Crippen LogP contribution >= 0.6 is 23.1 Å². The fraction of sp³-hybridized carbons (Fsp3) is 0.438. The Bertz CT molecular complexity index is 683. The lowest BCUT2D eigenvalue weighted by atomic mass is 10.2. The fourth-order valence-corrected chi connectivity index (χ4v) is 3.62. The highest BCUT2D eigenvalue weighted by Gasteiger charge is 2.15. The van der Waals surface area contributed by atoms with Gasteiger partial charge in [-0.15, -0.1) is 11.3 Å². The van der Waals surface area contributed by atoms with Crippen molar-refractivity contribution in [3.8, 4) is 0 Å². The maximum absolute atomic E-state index is 12.1. The monoisotopic (exact) mass is 351 g/mol. The quantitative estimate of drug-likeness (QED) is 0.566. The molecular weight excluding hydrogens is 330 g/mol. The van der Waals surface area contributed by atoms with E-state index < -0.39 is 0 Å². The number of aromatic nitrogens is 2. The summed E-state index contributed by atoms with van der Waals surface area (Å²) in [5.41, 5.74) is 0.598. The molecule has 5 nitrogen and oxygen atoms in total. The average molecular weight is 351 g/mol. The zero-order valence-electron chi connectivity index (χ0n) is 13.3. The van der Waals surface area contributed by atoms with Crippen molar-refractivity contribution in [2.45, 2.75) is 43.5 Å². The highest BCUT2D eigenvalue weighted by atomic mass is 32.2. The van der Waals surface area contributed by atoms with E-state index in [4.69, 9.17) is 0 Å². The van der Waals surface area contributed by atoms with E-state index in [1.165, 1.54) is 22.7 Å². The molecule has 0 spiro atoms. The van der Waals surface area contributed by atoms with Crippen LogP contribution in [0.15, 0.2) is 33.5 Å². The molecule has 2 aromatic rings. The van der Waals surface area contributed by atoms with Crippen LogP contribution in [-0.2, 0) is 17.6 Å². The molecule has 0 radical (unpaired) electrons. The van der Waals surface area contributed by atoms with E-state index >= 15 is 0 Å². The van der Waals surface area contributed by atoms with Gasteiger partial charge in [-0.2, -0.15) is 0 Å². The summed E-state index contributed by atoms with van der Waals surface area (Å²) in [6.45, 7) is 4.47. The second-order valence-corrected chi connectivity index (χ2v) is 7.53. The Morgan fingerprint density at radius 3 is 3.00 bits per heavy atom. The van der Waals surface area contributed by atoms with E-state index in [0.29, 0.717) is 11.7 Å². The van der Waals surface area contributed by atoms with Crippen molar-refractivity contribution in [2.75, 3.05) is 6.54 Å². The number of nitrogens with zero attached hydrogens (tertiary/aromatic N) is 1. The van der Waals surface area contributed by atoms with Gasteiger partial charge in [0.25, 0.3) is 5.56 Å². The SMILES string of the molecule is CCCc1cc(=O)[nH]c(SC(C)C(=O)NCCc2cccs2)n1. The summed E-state index contributed by atoms with van der Waals surface area (Å²) in [6.07, 6.45) is 2.53. The Labute approximate surface area is 143 Å². The Kier molecular flexibility index (Phi) is 6.85. The van der Waals surface area contributed by atoms with Gasteiger partial charge >= 0.3 is 0 Å². The molecule has 124 valence electrons. The largest absolute Gasteiger partial charge is 0.355 e. The number of aryl methyl sites for hydroxylation is 1. The maximum Gasteiger partial charge on any atom is 0.251 e. The number of aromatic amines is 1. The minimum absolute atomic E-state index is 0.0462. The van der Waals surface area contributed by atoms with Crippen LogP contribution < -0.4 is 10.9 Å². The molecule has 0 bridgehead atoms. The average Bonchev–Trinajstić information content (AvgIpc) is 3.00. The van der Waals surface area contributed by atoms with Crippen LogP contribution in [-0.4, -0.2) is 27.7 Å². The van der Waals surface area contributed by atoms with Crippen molar-refractivity contribution in [3.05, 3.63) is 44.5 Å². The van der Waals surface area contributed by atoms with E-state index in [1.54, 1.807) is 11.3 Å². The molecule has 0 aliphatic rings. The third-order valence-electron chi connectivity index (χ3n) is 3.19. The van der Waals surface area contributed by atoms with Crippen LogP contribution in [0.2, 0.25) is 0 Å². The number of thiophene rings is 1. The lowest BCUT2D eigenvalue weighted by Gasteiger charge is -2.11. The number of nitrogens with one attached hydrogen (secondary N) is 2. The van der Waals surface area contributed by atoms with Crippen LogP contribution in [0.5, 0.6) is 0 Å². The summed E-state index contributed by atoms with van der Waals surface area (Å²) in [4.78, 5) is 32.1. The van der Waals surface area contributed by atoms with Crippen LogP contribution in [0, 0.1) is 0 Å². The highest BCUT2D eigenvalue weighted by molar-refractivity contribution is 8.00. The second-order valence-electron chi connectivity index (χ2n) is 5.17. The molecular formula is C16H21N3O2S2. The Morgan fingerprint density at radius 2 is 2.30 bits per heavy atom. The minimum atomic E-state index is -0.307. The second kappa shape index (κ2) is 8.88. The van der Waals surface area contributed by atoms with Gasteiger partial charge in [-0.25, -0.2) is 4.98 Å². The molecule has 0 aliphatic carbocycles. The van der Waals surface area contributed by atoms with E-state index in [-0.39, 0.29) is 16.7 Å². The van der Waals surface area contributed by atoms with Gasteiger partial charge in [0, 0.05) is 23.2 Å². The van der Waals surface area contributed by atoms with Crippen LogP contribution in [0.3, 0.4) is 0 Å². The van der Waals surface area contributed by atoms with Crippen molar-refractivity contribution in [3.63, 3.8) is 0 Å². The van der Waals surface area contributed by atoms with E-state index in [9.17, 15) is 9.59 Å². The zero-order valence-corrected chi connectivity index (χ0v) is 14.9. The van der Waals surface area contributed by atoms with Crippen molar-refractivity contribution < 1.29 is 4.79 Å². The van der Waals surface area contributed by atoms with Gasteiger partial charge in [0.05, 0.1) is 5.25 Å². The first-order chi connectivity index (χ1) is 11.1. The molecule has 2 aromatic heterocycles. The summed E-state index contributed by atoms with van der Waals surface area (Å²) >= 11 is 2.96. The first-order valence-electron chi connectivity index (χ1n) is 7.65. The van der Waals surface area contributed by atoms with Gasteiger partial charge in [-0.1, -0.05) is 31.2 Å². The number of rotatable bonds is 8. The van der Waals surface area contributed by atoms with Gasteiger partial charge < -0.3 is 10.3 Å². The fourth-order valence-electron chi connectivity index (χ4n) is 2.05. The third-order valence-corrected chi connectivity index (χ3v) is 5.11.